The molecule has 0 N–H and O–H groups in total. The second-order valence-electron chi connectivity index (χ2n) is 5.01. The molecule has 0 bridgehead atoms. The van der Waals surface area contributed by atoms with Crippen molar-refractivity contribution < 1.29 is 18.7 Å². The molecule has 0 unspecified atom stereocenters. The first kappa shape index (κ1) is 14.6. The molecule has 1 atom stereocenters. The first-order chi connectivity index (χ1) is 10.2. The number of carbonyl (C=O) groups excluding carboxylic acids is 1. The van der Waals surface area contributed by atoms with Crippen LogP contribution in [-0.2, 0) is 9.47 Å². The summed E-state index contributed by atoms with van der Waals surface area (Å²) in [6.45, 7) is 2.99. The summed E-state index contributed by atoms with van der Waals surface area (Å²) >= 11 is 3.29. The molecule has 2 fully saturated rings. The van der Waals surface area contributed by atoms with E-state index >= 15 is 0 Å². The van der Waals surface area contributed by atoms with E-state index in [0.717, 1.165) is 0 Å². The number of morpholine rings is 1. The number of anilines is 2. The lowest BCUT2D eigenvalue weighted by Crippen LogP contribution is -2.36. The molecule has 2 heterocycles. The maximum Gasteiger partial charge on any atom is 0.414 e. The third kappa shape index (κ3) is 2.98. The summed E-state index contributed by atoms with van der Waals surface area (Å²) in [4.78, 5) is 15.2. The molecule has 0 aliphatic carbocycles. The summed E-state index contributed by atoms with van der Waals surface area (Å²) in [7, 11) is 0. The average Bonchev–Trinajstić information content (AvgIpc) is 2.89. The summed E-state index contributed by atoms with van der Waals surface area (Å²) in [5.41, 5.74) is 1.07. The smallest absolute Gasteiger partial charge is 0.414 e. The predicted octanol–water partition coefficient (Wildman–Crippen LogP) is 2.38. The van der Waals surface area contributed by atoms with Crippen molar-refractivity contribution in [3.63, 3.8) is 0 Å². The zero-order valence-electron chi connectivity index (χ0n) is 11.4. The fraction of sp³-hybridized carbons (Fsp3) is 0.500. The van der Waals surface area contributed by atoms with Crippen LogP contribution >= 0.6 is 15.9 Å². The fourth-order valence-corrected chi connectivity index (χ4v) is 2.87. The number of benzene rings is 1. The molecule has 114 valence electrons. The Morgan fingerprint density at radius 2 is 2.10 bits per heavy atom. The molecule has 21 heavy (non-hydrogen) atoms. The summed E-state index contributed by atoms with van der Waals surface area (Å²) in [6, 6.07) is 4.86. The molecule has 0 spiro atoms. The zero-order chi connectivity index (χ0) is 14.8. The van der Waals surface area contributed by atoms with E-state index < -0.39 is 6.09 Å². The normalized spacial score (nSPS) is 22.6. The van der Waals surface area contributed by atoms with Crippen LogP contribution in [0.15, 0.2) is 18.2 Å². The van der Waals surface area contributed by atoms with Crippen molar-refractivity contribution >= 4 is 33.4 Å². The van der Waals surface area contributed by atoms with Crippen LogP contribution in [0.2, 0.25) is 0 Å². The minimum absolute atomic E-state index is 0.195. The molecular formula is C14H16BrFN2O3. The number of carbonyl (C=O) groups is 1. The van der Waals surface area contributed by atoms with E-state index in [1.165, 1.54) is 11.0 Å². The largest absolute Gasteiger partial charge is 0.443 e. The first-order valence-corrected chi connectivity index (χ1v) is 7.97. The van der Waals surface area contributed by atoms with Crippen molar-refractivity contribution in [2.45, 2.75) is 6.10 Å². The topological polar surface area (TPSA) is 42.0 Å². The molecule has 1 aromatic carbocycles. The molecule has 1 amide bonds. The number of nitrogens with zero attached hydrogens (tertiary/aromatic N) is 2. The minimum atomic E-state index is -0.432. The van der Waals surface area contributed by atoms with E-state index in [1.807, 2.05) is 4.90 Å². The van der Waals surface area contributed by atoms with Gasteiger partial charge in [0.25, 0.3) is 0 Å². The van der Waals surface area contributed by atoms with Crippen molar-refractivity contribution in [1.29, 1.82) is 0 Å². The van der Waals surface area contributed by atoms with Crippen LogP contribution in [0.1, 0.15) is 0 Å². The van der Waals surface area contributed by atoms with Crippen LogP contribution in [0.25, 0.3) is 0 Å². The van der Waals surface area contributed by atoms with E-state index in [4.69, 9.17) is 9.47 Å². The highest BCUT2D eigenvalue weighted by Gasteiger charge is 2.32. The molecule has 2 aliphatic heterocycles. The highest BCUT2D eigenvalue weighted by Crippen LogP contribution is 2.28. The van der Waals surface area contributed by atoms with E-state index in [1.54, 1.807) is 12.1 Å². The van der Waals surface area contributed by atoms with Gasteiger partial charge in [0, 0.05) is 18.4 Å². The van der Waals surface area contributed by atoms with E-state index in [2.05, 4.69) is 15.9 Å². The van der Waals surface area contributed by atoms with Crippen LogP contribution in [0.3, 0.4) is 0 Å². The third-order valence-corrected chi connectivity index (χ3v) is 4.36. The highest BCUT2D eigenvalue weighted by atomic mass is 79.9. The number of ether oxygens (including phenoxy) is 2. The maximum atomic E-state index is 14.3. The maximum absolute atomic E-state index is 14.3. The molecular weight excluding hydrogens is 343 g/mol. The molecule has 3 rings (SSSR count). The lowest BCUT2D eigenvalue weighted by Gasteiger charge is -2.29. The molecule has 2 saturated heterocycles. The number of alkyl halides is 1. The lowest BCUT2D eigenvalue weighted by molar-refractivity contribution is 0.122. The van der Waals surface area contributed by atoms with Crippen LogP contribution in [0.5, 0.6) is 0 Å². The summed E-state index contributed by atoms with van der Waals surface area (Å²) in [5.74, 6) is -0.329. The Morgan fingerprint density at radius 3 is 2.71 bits per heavy atom. The number of hydrogen-bond acceptors (Lipinski definition) is 4. The quantitative estimate of drug-likeness (QED) is 0.778. The van der Waals surface area contributed by atoms with Crippen molar-refractivity contribution in [3.8, 4) is 0 Å². The Bertz CT molecular complexity index is 537. The second kappa shape index (κ2) is 6.19. The van der Waals surface area contributed by atoms with Crippen LogP contribution in [0.4, 0.5) is 20.6 Å². The SMILES string of the molecule is O=C1O[C@@H](CBr)CN1c1ccc(N2CCOCC2)c(F)c1. The summed E-state index contributed by atoms with van der Waals surface area (Å²) in [6.07, 6.45) is -0.627. The van der Waals surface area contributed by atoms with Gasteiger partial charge in [-0.25, -0.2) is 9.18 Å². The molecule has 7 heteroatoms. The van der Waals surface area contributed by atoms with Gasteiger partial charge < -0.3 is 14.4 Å². The van der Waals surface area contributed by atoms with Crippen molar-refractivity contribution in [3.05, 3.63) is 24.0 Å². The van der Waals surface area contributed by atoms with Crippen LogP contribution < -0.4 is 9.80 Å². The van der Waals surface area contributed by atoms with Crippen molar-refractivity contribution in [1.82, 2.24) is 0 Å². The number of rotatable bonds is 3. The predicted molar refractivity (Wildman–Crippen MR) is 80.8 cm³/mol. The van der Waals surface area contributed by atoms with E-state index in [9.17, 15) is 9.18 Å². The molecule has 2 aliphatic rings. The van der Waals surface area contributed by atoms with Gasteiger partial charge in [-0.05, 0) is 18.2 Å². The monoisotopic (exact) mass is 358 g/mol. The number of amides is 1. The van der Waals surface area contributed by atoms with Crippen molar-refractivity contribution in [2.75, 3.05) is 48.0 Å². The number of halogens is 2. The van der Waals surface area contributed by atoms with Gasteiger partial charge in [0.15, 0.2) is 0 Å². The van der Waals surface area contributed by atoms with Gasteiger partial charge in [0.05, 0.1) is 31.1 Å². The minimum Gasteiger partial charge on any atom is -0.443 e. The van der Waals surface area contributed by atoms with Gasteiger partial charge in [-0.2, -0.15) is 0 Å². The fourth-order valence-electron chi connectivity index (χ4n) is 2.54. The van der Waals surface area contributed by atoms with Crippen LogP contribution in [-0.4, -0.2) is 50.4 Å². The van der Waals surface area contributed by atoms with Gasteiger partial charge in [0.1, 0.15) is 11.9 Å². The molecule has 1 aromatic rings. The zero-order valence-corrected chi connectivity index (χ0v) is 13.0. The lowest BCUT2D eigenvalue weighted by atomic mass is 10.2. The molecule has 0 saturated carbocycles. The Balaban J connectivity index is 1.79. The Kier molecular flexibility index (Phi) is 4.30. The molecule has 0 aromatic heterocycles. The van der Waals surface area contributed by atoms with Gasteiger partial charge in [-0.15, -0.1) is 0 Å². The van der Waals surface area contributed by atoms with Gasteiger partial charge in [0.2, 0.25) is 0 Å². The van der Waals surface area contributed by atoms with Crippen LogP contribution in [0, 0.1) is 5.82 Å². The van der Waals surface area contributed by atoms with E-state index in [0.29, 0.717) is 49.6 Å². The average molecular weight is 359 g/mol. The second-order valence-corrected chi connectivity index (χ2v) is 5.65. The molecule has 0 radical (unpaired) electrons. The van der Waals surface area contributed by atoms with E-state index in [-0.39, 0.29) is 11.9 Å². The highest BCUT2D eigenvalue weighted by molar-refractivity contribution is 9.09. The summed E-state index contributed by atoms with van der Waals surface area (Å²) in [5, 5.41) is 0.573. The Morgan fingerprint density at radius 1 is 1.33 bits per heavy atom. The Labute approximate surface area is 130 Å². The number of cyclic esters (lactones) is 1. The molecule has 5 nitrogen and oxygen atoms in total. The van der Waals surface area contributed by atoms with Gasteiger partial charge in [-0.3, -0.25) is 4.90 Å². The third-order valence-electron chi connectivity index (χ3n) is 3.64. The first-order valence-electron chi connectivity index (χ1n) is 6.85. The summed E-state index contributed by atoms with van der Waals surface area (Å²) < 4.78 is 24.7. The van der Waals surface area contributed by atoms with Gasteiger partial charge >= 0.3 is 6.09 Å². The standard InChI is InChI=1S/C14H16BrFN2O3/c15-8-11-9-18(14(19)21-11)10-1-2-13(12(16)7-10)17-3-5-20-6-4-17/h1-2,7,11H,3-6,8-9H2/t11-/m0/s1. The Hall–Kier alpha value is -1.34. The van der Waals surface area contributed by atoms with Crippen molar-refractivity contribution in [2.24, 2.45) is 0 Å². The van der Waals surface area contributed by atoms with Gasteiger partial charge in [-0.1, -0.05) is 15.9 Å². The number of hydrogen-bond donors (Lipinski definition) is 0.